The van der Waals surface area contributed by atoms with Crippen molar-refractivity contribution in [2.45, 2.75) is 83.8 Å². The monoisotopic (exact) mass is 252 g/mol. The molecule has 1 saturated heterocycles. The van der Waals surface area contributed by atoms with Crippen molar-refractivity contribution in [3.63, 3.8) is 0 Å². The van der Waals surface area contributed by atoms with Crippen LogP contribution in [0.2, 0.25) is 0 Å². The molecule has 2 aliphatic rings. The minimum absolute atomic E-state index is 0.751. The minimum atomic E-state index is 0.751. The summed E-state index contributed by atoms with van der Waals surface area (Å²) in [4.78, 5) is 2.73. The summed E-state index contributed by atoms with van der Waals surface area (Å²) in [6.45, 7) is 9.68. The average molecular weight is 252 g/mol. The van der Waals surface area contributed by atoms with Crippen LogP contribution in [-0.2, 0) is 0 Å². The quantitative estimate of drug-likeness (QED) is 0.806. The van der Waals surface area contributed by atoms with E-state index < -0.39 is 0 Å². The Labute approximate surface area is 114 Å². The van der Waals surface area contributed by atoms with Crippen LogP contribution in [0.5, 0.6) is 0 Å². The van der Waals surface area contributed by atoms with E-state index in [4.69, 9.17) is 0 Å². The van der Waals surface area contributed by atoms with Crippen LogP contribution in [0.3, 0.4) is 0 Å². The topological polar surface area (TPSA) is 15.3 Å². The molecule has 3 unspecified atom stereocenters. The van der Waals surface area contributed by atoms with Crippen molar-refractivity contribution in [3.8, 4) is 0 Å². The third-order valence-electron chi connectivity index (χ3n) is 5.18. The van der Waals surface area contributed by atoms with Gasteiger partial charge in [-0.2, -0.15) is 0 Å². The van der Waals surface area contributed by atoms with Crippen molar-refractivity contribution in [1.82, 2.24) is 10.2 Å². The van der Waals surface area contributed by atoms with E-state index in [1.54, 1.807) is 0 Å². The number of nitrogens with one attached hydrogen (secondary N) is 1. The predicted octanol–water partition coefficient (Wildman–Crippen LogP) is 3.42. The molecular weight excluding hydrogens is 220 g/mol. The number of rotatable bonds is 5. The second-order valence-electron chi connectivity index (χ2n) is 6.57. The third kappa shape index (κ3) is 3.71. The van der Waals surface area contributed by atoms with Crippen LogP contribution < -0.4 is 5.32 Å². The Balaban J connectivity index is 1.88. The molecule has 2 fully saturated rings. The first-order valence-corrected chi connectivity index (χ1v) is 8.23. The maximum Gasteiger partial charge on any atom is 0.0200 e. The molecule has 1 heterocycles. The Hall–Kier alpha value is -0.0800. The minimum Gasteiger partial charge on any atom is -0.310 e. The molecule has 0 spiro atoms. The molecular formula is C16H32N2. The summed E-state index contributed by atoms with van der Waals surface area (Å²) in [5, 5.41) is 3.95. The van der Waals surface area contributed by atoms with Crippen LogP contribution >= 0.6 is 0 Å². The lowest BCUT2D eigenvalue weighted by Crippen LogP contribution is -2.53. The van der Waals surface area contributed by atoms with Gasteiger partial charge in [0, 0.05) is 31.2 Å². The van der Waals surface area contributed by atoms with Crippen molar-refractivity contribution < 1.29 is 0 Å². The van der Waals surface area contributed by atoms with Crippen LogP contribution in [0.4, 0.5) is 0 Å². The van der Waals surface area contributed by atoms with Crippen molar-refractivity contribution in [2.24, 2.45) is 5.92 Å². The van der Waals surface area contributed by atoms with E-state index in [9.17, 15) is 0 Å². The summed E-state index contributed by atoms with van der Waals surface area (Å²) in [7, 11) is 0. The fourth-order valence-corrected chi connectivity index (χ4v) is 3.70. The van der Waals surface area contributed by atoms with Gasteiger partial charge in [0.25, 0.3) is 0 Å². The Morgan fingerprint density at radius 1 is 1.11 bits per heavy atom. The Morgan fingerprint density at radius 3 is 2.44 bits per heavy atom. The largest absolute Gasteiger partial charge is 0.310 e. The first-order valence-electron chi connectivity index (χ1n) is 8.23. The fourth-order valence-electron chi connectivity index (χ4n) is 3.70. The molecule has 1 N–H and O–H groups in total. The standard InChI is InChI=1S/C16H32N2/c1-4-13(3)18-11-14(5-2)10-16(12-18)17-15-8-6-7-9-15/h13-17H,4-12H2,1-3H3. The zero-order valence-corrected chi connectivity index (χ0v) is 12.6. The molecule has 2 heteroatoms. The molecule has 3 atom stereocenters. The molecule has 18 heavy (non-hydrogen) atoms. The first-order chi connectivity index (χ1) is 8.72. The molecule has 0 amide bonds. The number of hydrogen-bond donors (Lipinski definition) is 1. The SMILES string of the molecule is CCC1CC(NC2CCCC2)CN(C(C)CC)C1. The van der Waals surface area contributed by atoms with Crippen LogP contribution in [-0.4, -0.2) is 36.1 Å². The maximum atomic E-state index is 3.95. The number of likely N-dealkylation sites (tertiary alicyclic amines) is 1. The van der Waals surface area contributed by atoms with Crippen molar-refractivity contribution in [1.29, 1.82) is 0 Å². The zero-order valence-electron chi connectivity index (χ0n) is 12.6. The molecule has 106 valence electrons. The first kappa shape index (κ1) is 14.3. The van der Waals surface area contributed by atoms with E-state index in [0.29, 0.717) is 0 Å². The van der Waals surface area contributed by atoms with Gasteiger partial charge < -0.3 is 5.32 Å². The van der Waals surface area contributed by atoms with Crippen LogP contribution in [0, 0.1) is 5.92 Å². The zero-order chi connectivity index (χ0) is 13.0. The molecule has 1 saturated carbocycles. The van der Waals surface area contributed by atoms with Gasteiger partial charge in [-0.1, -0.05) is 33.1 Å². The molecule has 0 aromatic rings. The van der Waals surface area contributed by atoms with E-state index in [1.165, 1.54) is 58.0 Å². The highest BCUT2D eigenvalue weighted by Gasteiger charge is 2.30. The van der Waals surface area contributed by atoms with Gasteiger partial charge in [-0.15, -0.1) is 0 Å². The van der Waals surface area contributed by atoms with Crippen molar-refractivity contribution >= 4 is 0 Å². The summed E-state index contributed by atoms with van der Waals surface area (Å²) in [5.41, 5.74) is 0. The highest BCUT2D eigenvalue weighted by Crippen LogP contribution is 2.25. The van der Waals surface area contributed by atoms with Crippen LogP contribution in [0.25, 0.3) is 0 Å². The lowest BCUT2D eigenvalue weighted by Gasteiger charge is -2.42. The van der Waals surface area contributed by atoms with E-state index in [1.807, 2.05) is 0 Å². The predicted molar refractivity (Wildman–Crippen MR) is 78.9 cm³/mol. The molecule has 1 aliphatic heterocycles. The average Bonchev–Trinajstić information content (AvgIpc) is 2.90. The lowest BCUT2D eigenvalue weighted by molar-refractivity contribution is 0.0962. The van der Waals surface area contributed by atoms with E-state index in [0.717, 1.165) is 24.0 Å². The Morgan fingerprint density at radius 2 is 1.83 bits per heavy atom. The molecule has 0 bridgehead atoms. The van der Waals surface area contributed by atoms with Gasteiger partial charge in [-0.3, -0.25) is 4.90 Å². The highest BCUT2D eigenvalue weighted by atomic mass is 15.2. The van der Waals surface area contributed by atoms with E-state index >= 15 is 0 Å². The summed E-state index contributed by atoms with van der Waals surface area (Å²) >= 11 is 0. The third-order valence-corrected chi connectivity index (χ3v) is 5.18. The van der Waals surface area contributed by atoms with Gasteiger partial charge in [0.15, 0.2) is 0 Å². The molecule has 0 radical (unpaired) electrons. The molecule has 0 aromatic heterocycles. The van der Waals surface area contributed by atoms with Crippen LogP contribution in [0.1, 0.15) is 65.7 Å². The number of nitrogens with zero attached hydrogens (tertiary/aromatic N) is 1. The molecule has 1 aliphatic carbocycles. The van der Waals surface area contributed by atoms with E-state index in [2.05, 4.69) is 31.0 Å². The van der Waals surface area contributed by atoms with Gasteiger partial charge in [-0.05, 0) is 38.5 Å². The normalized spacial score (nSPS) is 32.8. The number of hydrogen-bond acceptors (Lipinski definition) is 2. The fraction of sp³-hybridized carbons (Fsp3) is 1.00. The van der Waals surface area contributed by atoms with Crippen molar-refractivity contribution in [2.75, 3.05) is 13.1 Å². The number of piperidine rings is 1. The van der Waals surface area contributed by atoms with Gasteiger partial charge in [0.1, 0.15) is 0 Å². The Kier molecular flexibility index (Phi) is 5.50. The summed E-state index contributed by atoms with van der Waals surface area (Å²) in [6, 6.07) is 2.33. The van der Waals surface area contributed by atoms with Gasteiger partial charge >= 0.3 is 0 Å². The van der Waals surface area contributed by atoms with Gasteiger partial charge in [0.2, 0.25) is 0 Å². The Bertz CT molecular complexity index is 235. The second-order valence-corrected chi connectivity index (χ2v) is 6.57. The highest BCUT2D eigenvalue weighted by molar-refractivity contribution is 4.88. The smallest absolute Gasteiger partial charge is 0.0200 e. The van der Waals surface area contributed by atoms with Crippen LogP contribution in [0.15, 0.2) is 0 Å². The molecule has 2 rings (SSSR count). The molecule has 2 nitrogen and oxygen atoms in total. The van der Waals surface area contributed by atoms with Crippen molar-refractivity contribution in [3.05, 3.63) is 0 Å². The van der Waals surface area contributed by atoms with Gasteiger partial charge in [-0.25, -0.2) is 0 Å². The summed E-state index contributed by atoms with van der Waals surface area (Å²) in [6.07, 6.45) is 9.74. The van der Waals surface area contributed by atoms with Gasteiger partial charge in [0.05, 0.1) is 0 Å². The lowest BCUT2D eigenvalue weighted by atomic mass is 9.90. The second kappa shape index (κ2) is 6.91. The summed E-state index contributed by atoms with van der Waals surface area (Å²) < 4.78 is 0. The van der Waals surface area contributed by atoms with E-state index in [-0.39, 0.29) is 0 Å². The molecule has 0 aromatic carbocycles. The maximum absolute atomic E-state index is 3.95. The summed E-state index contributed by atoms with van der Waals surface area (Å²) in [5.74, 6) is 0.909.